The highest BCUT2D eigenvalue weighted by atomic mass is 35.5. The van der Waals surface area contributed by atoms with E-state index in [9.17, 15) is 19.2 Å². The molecule has 1 aliphatic rings. The summed E-state index contributed by atoms with van der Waals surface area (Å²) in [4.78, 5) is 51.3. The van der Waals surface area contributed by atoms with E-state index in [4.69, 9.17) is 21.1 Å². The number of imide groups is 1. The fraction of sp³-hybridized carbons (Fsp3) is 0.172. The minimum absolute atomic E-state index is 0.161. The quantitative estimate of drug-likeness (QED) is 0.294. The Labute approximate surface area is 240 Å². The van der Waals surface area contributed by atoms with Crippen LogP contribution in [-0.2, 0) is 14.4 Å². The first-order valence-corrected chi connectivity index (χ1v) is 13.5. The third kappa shape index (κ3) is 7.43. The summed E-state index contributed by atoms with van der Waals surface area (Å²) in [5, 5.41) is 5.32. The monoisotopic (exact) mass is 579 g/mol. The Morgan fingerprint density at radius 3 is 2.50 bits per heavy atom. The van der Waals surface area contributed by atoms with Gasteiger partial charge in [-0.15, -0.1) is 0 Å². The zero-order valence-corrected chi connectivity index (χ0v) is 23.3. The molecule has 2 N–H and O–H groups in total. The van der Waals surface area contributed by atoms with Gasteiger partial charge in [-0.2, -0.15) is 0 Å². The Morgan fingerprint density at radius 1 is 0.950 bits per heavy atom. The first kappa shape index (κ1) is 28.7. The van der Waals surface area contributed by atoms with Crippen molar-refractivity contribution in [3.05, 3.63) is 87.8 Å². The largest absolute Gasteiger partial charge is 0.490 e. The van der Waals surface area contributed by atoms with Crippen molar-refractivity contribution >= 4 is 63.8 Å². The van der Waals surface area contributed by atoms with Crippen LogP contribution in [0.25, 0.3) is 6.08 Å². The molecule has 4 amide bonds. The lowest BCUT2D eigenvalue weighted by atomic mass is 10.2. The molecule has 11 heteroatoms. The predicted octanol–water partition coefficient (Wildman–Crippen LogP) is 5.74. The van der Waals surface area contributed by atoms with Crippen LogP contribution >= 0.6 is 23.4 Å². The number of nitrogens with one attached hydrogen (secondary N) is 2. The summed E-state index contributed by atoms with van der Waals surface area (Å²) in [5.74, 6) is -0.710. The van der Waals surface area contributed by atoms with Gasteiger partial charge in [0.15, 0.2) is 18.1 Å². The number of carbonyl (C=O) groups excluding carboxylic acids is 4. The number of aryl methyl sites for hydroxylation is 1. The summed E-state index contributed by atoms with van der Waals surface area (Å²) < 4.78 is 11.4. The predicted molar refractivity (Wildman–Crippen MR) is 156 cm³/mol. The fourth-order valence-electron chi connectivity index (χ4n) is 3.74. The SMILES string of the molecule is CCOc1cc(/C=C2\SC(=O)N(CC(=O)Nc3cccc(Cl)c3)C2=O)ccc1OCC(=O)Nc1ccccc1C. The van der Waals surface area contributed by atoms with Crippen LogP contribution < -0.4 is 20.1 Å². The second-order valence-corrected chi connectivity index (χ2v) is 10.0. The third-order valence-corrected chi connectivity index (χ3v) is 6.77. The van der Waals surface area contributed by atoms with Gasteiger partial charge in [0.1, 0.15) is 6.54 Å². The van der Waals surface area contributed by atoms with Crippen LogP contribution in [0.5, 0.6) is 11.5 Å². The Morgan fingerprint density at radius 2 is 1.75 bits per heavy atom. The molecule has 0 atom stereocenters. The average molecular weight is 580 g/mol. The maximum absolute atomic E-state index is 12.9. The van der Waals surface area contributed by atoms with Crippen molar-refractivity contribution in [2.24, 2.45) is 0 Å². The van der Waals surface area contributed by atoms with Crippen LogP contribution in [0, 0.1) is 6.92 Å². The molecule has 4 rings (SSSR count). The van der Waals surface area contributed by atoms with Gasteiger partial charge < -0.3 is 20.1 Å². The van der Waals surface area contributed by atoms with Gasteiger partial charge in [0, 0.05) is 16.4 Å². The van der Waals surface area contributed by atoms with Gasteiger partial charge in [-0.1, -0.05) is 41.9 Å². The number of carbonyl (C=O) groups is 4. The first-order chi connectivity index (χ1) is 19.2. The molecule has 206 valence electrons. The number of hydrogen-bond donors (Lipinski definition) is 2. The van der Waals surface area contributed by atoms with E-state index in [1.165, 1.54) is 6.08 Å². The number of ether oxygens (including phenoxy) is 2. The minimum atomic E-state index is -0.581. The Balaban J connectivity index is 1.41. The van der Waals surface area contributed by atoms with E-state index in [0.29, 0.717) is 40.1 Å². The average Bonchev–Trinajstić information content (AvgIpc) is 3.17. The molecule has 0 bridgehead atoms. The summed E-state index contributed by atoms with van der Waals surface area (Å²) in [6.07, 6.45) is 1.54. The second kappa shape index (κ2) is 13.2. The van der Waals surface area contributed by atoms with Gasteiger partial charge in [0.25, 0.3) is 17.1 Å². The number of para-hydroxylation sites is 1. The Kier molecular flexibility index (Phi) is 9.47. The van der Waals surface area contributed by atoms with E-state index in [1.807, 2.05) is 25.1 Å². The fourth-order valence-corrected chi connectivity index (χ4v) is 4.77. The molecule has 0 saturated carbocycles. The molecule has 0 unspecified atom stereocenters. The molecule has 1 saturated heterocycles. The van der Waals surface area contributed by atoms with Crippen molar-refractivity contribution in [3.8, 4) is 11.5 Å². The van der Waals surface area contributed by atoms with Gasteiger partial charge in [-0.05, 0) is 79.2 Å². The van der Waals surface area contributed by atoms with Crippen LogP contribution in [-0.4, -0.2) is 47.6 Å². The Bertz CT molecular complexity index is 1490. The first-order valence-electron chi connectivity index (χ1n) is 12.3. The second-order valence-electron chi connectivity index (χ2n) is 8.62. The summed E-state index contributed by atoms with van der Waals surface area (Å²) in [6, 6.07) is 18.9. The Hall–Kier alpha value is -4.28. The van der Waals surface area contributed by atoms with Crippen molar-refractivity contribution in [1.82, 2.24) is 4.90 Å². The lowest BCUT2D eigenvalue weighted by Crippen LogP contribution is -2.36. The molecule has 0 aliphatic carbocycles. The van der Waals surface area contributed by atoms with Gasteiger partial charge in [-0.3, -0.25) is 24.1 Å². The molecule has 0 spiro atoms. The lowest BCUT2D eigenvalue weighted by molar-refractivity contribution is -0.127. The van der Waals surface area contributed by atoms with E-state index in [2.05, 4.69) is 10.6 Å². The van der Waals surface area contributed by atoms with Crippen LogP contribution in [0.3, 0.4) is 0 Å². The molecule has 1 heterocycles. The van der Waals surface area contributed by atoms with Crippen molar-refractivity contribution in [1.29, 1.82) is 0 Å². The van der Waals surface area contributed by atoms with E-state index >= 15 is 0 Å². The zero-order chi connectivity index (χ0) is 28.6. The highest BCUT2D eigenvalue weighted by Crippen LogP contribution is 2.34. The van der Waals surface area contributed by atoms with E-state index in [0.717, 1.165) is 22.2 Å². The van der Waals surface area contributed by atoms with Gasteiger partial charge in [-0.25, -0.2) is 0 Å². The molecule has 1 aliphatic heterocycles. The lowest BCUT2D eigenvalue weighted by Gasteiger charge is -2.13. The topological polar surface area (TPSA) is 114 Å². The minimum Gasteiger partial charge on any atom is -0.490 e. The highest BCUT2D eigenvalue weighted by Gasteiger charge is 2.36. The van der Waals surface area contributed by atoms with Crippen LogP contribution in [0.1, 0.15) is 18.1 Å². The molecule has 9 nitrogen and oxygen atoms in total. The van der Waals surface area contributed by atoms with Crippen molar-refractivity contribution in [2.45, 2.75) is 13.8 Å². The van der Waals surface area contributed by atoms with Gasteiger partial charge in [0.05, 0.1) is 11.5 Å². The van der Waals surface area contributed by atoms with Gasteiger partial charge in [0.2, 0.25) is 5.91 Å². The number of hydrogen-bond acceptors (Lipinski definition) is 7. The van der Waals surface area contributed by atoms with Crippen molar-refractivity contribution < 1.29 is 28.7 Å². The van der Waals surface area contributed by atoms with E-state index < -0.39 is 23.6 Å². The van der Waals surface area contributed by atoms with Crippen LogP contribution in [0.15, 0.2) is 71.6 Å². The molecule has 40 heavy (non-hydrogen) atoms. The number of nitrogens with zero attached hydrogens (tertiary/aromatic N) is 1. The highest BCUT2D eigenvalue weighted by molar-refractivity contribution is 8.18. The van der Waals surface area contributed by atoms with Crippen molar-refractivity contribution in [3.63, 3.8) is 0 Å². The molecular weight excluding hydrogens is 554 g/mol. The summed E-state index contributed by atoms with van der Waals surface area (Å²) in [5.41, 5.74) is 2.67. The smallest absolute Gasteiger partial charge is 0.294 e. The van der Waals surface area contributed by atoms with Crippen molar-refractivity contribution in [2.75, 3.05) is 30.4 Å². The molecule has 3 aromatic rings. The van der Waals surface area contributed by atoms with E-state index in [-0.39, 0.29) is 17.4 Å². The van der Waals surface area contributed by atoms with Crippen LogP contribution in [0.4, 0.5) is 16.2 Å². The molecule has 0 aromatic heterocycles. The molecular formula is C29H26ClN3O6S. The number of thioether (sulfide) groups is 1. The number of halogens is 1. The maximum Gasteiger partial charge on any atom is 0.294 e. The summed E-state index contributed by atoms with van der Waals surface area (Å²) in [6.45, 7) is 3.38. The number of anilines is 2. The standard InChI is InChI=1S/C29H26ClN3O6S/c1-3-38-24-13-19(11-12-23(24)39-17-27(35)32-22-10-5-4-7-18(22)2)14-25-28(36)33(29(37)40-25)16-26(34)31-21-9-6-8-20(30)15-21/h4-15H,3,16-17H2,1-2H3,(H,31,34)(H,32,35)/b25-14-. The number of amides is 4. The maximum atomic E-state index is 12.9. The number of rotatable bonds is 10. The zero-order valence-electron chi connectivity index (χ0n) is 21.7. The summed E-state index contributed by atoms with van der Waals surface area (Å²) >= 11 is 6.67. The third-order valence-electron chi connectivity index (χ3n) is 5.63. The summed E-state index contributed by atoms with van der Waals surface area (Å²) in [7, 11) is 0. The number of benzene rings is 3. The van der Waals surface area contributed by atoms with Crippen LogP contribution in [0.2, 0.25) is 5.02 Å². The van der Waals surface area contributed by atoms with Gasteiger partial charge >= 0.3 is 0 Å². The normalized spacial score (nSPS) is 13.9. The molecule has 3 aromatic carbocycles. The molecule has 1 fully saturated rings. The van der Waals surface area contributed by atoms with E-state index in [1.54, 1.807) is 55.5 Å². The molecule has 0 radical (unpaired) electrons.